The van der Waals surface area contributed by atoms with Gasteiger partial charge in [-0.25, -0.2) is 4.98 Å². The number of para-hydroxylation sites is 2. The lowest BCUT2D eigenvalue weighted by Gasteiger charge is -2.07. The first-order chi connectivity index (χ1) is 10.9. The van der Waals surface area contributed by atoms with E-state index >= 15 is 0 Å². The van der Waals surface area contributed by atoms with E-state index in [9.17, 15) is 0 Å². The highest BCUT2D eigenvalue weighted by atomic mass is 15.1. The molecule has 1 N–H and O–H groups in total. The minimum atomic E-state index is 0.592. The van der Waals surface area contributed by atoms with Crippen LogP contribution in [0, 0.1) is 0 Å². The largest absolute Gasteiger partial charge is 0.324 e. The molecule has 2 heterocycles. The van der Waals surface area contributed by atoms with Crippen molar-refractivity contribution >= 4 is 22.7 Å². The van der Waals surface area contributed by atoms with E-state index in [0.717, 1.165) is 22.4 Å². The van der Waals surface area contributed by atoms with Crippen LogP contribution >= 0.6 is 0 Å². The fourth-order valence-corrected chi connectivity index (χ4v) is 2.43. The highest BCUT2D eigenvalue weighted by molar-refractivity contribution is 5.78. The quantitative estimate of drug-likeness (QED) is 0.615. The summed E-state index contributed by atoms with van der Waals surface area (Å²) >= 11 is 0. The monoisotopic (exact) mass is 286 g/mol. The molecular formula is C18H14N4. The topological polar surface area (TPSA) is 42.7 Å². The van der Waals surface area contributed by atoms with E-state index in [1.165, 1.54) is 0 Å². The SMILES string of the molecule is c1ccc(Nc2ncc3ccn(-c4ccccc4)c3n2)cc1. The maximum atomic E-state index is 4.65. The molecule has 2 aromatic carbocycles. The molecule has 106 valence electrons. The predicted octanol–water partition coefficient (Wildman–Crippen LogP) is 4.16. The summed E-state index contributed by atoms with van der Waals surface area (Å²) in [6, 6.07) is 22.1. The Kier molecular flexibility index (Phi) is 3.05. The Morgan fingerprint density at radius 1 is 0.818 bits per heavy atom. The fourth-order valence-electron chi connectivity index (χ4n) is 2.43. The predicted molar refractivity (Wildman–Crippen MR) is 88.6 cm³/mol. The Labute approximate surface area is 128 Å². The Balaban J connectivity index is 1.77. The molecule has 4 rings (SSSR count). The van der Waals surface area contributed by atoms with Crippen LogP contribution in [-0.4, -0.2) is 14.5 Å². The third kappa shape index (κ3) is 2.31. The minimum Gasteiger partial charge on any atom is -0.324 e. The normalized spacial score (nSPS) is 10.7. The first-order valence-electron chi connectivity index (χ1n) is 7.12. The highest BCUT2D eigenvalue weighted by Crippen LogP contribution is 2.20. The number of anilines is 2. The van der Waals surface area contributed by atoms with Crippen molar-refractivity contribution in [1.29, 1.82) is 0 Å². The van der Waals surface area contributed by atoms with Gasteiger partial charge in [-0.2, -0.15) is 4.98 Å². The summed E-state index contributed by atoms with van der Waals surface area (Å²) in [5, 5.41) is 4.25. The Morgan fingerprint density at radius 2 is 1.55 bits per heavy atom. The fraction of sp³-hybridized carbons (Fsp3) is 0. The maximum Gasteiger partial charge on any atom is 0.229 e. The number of aromatic nitrogens is 3. The molecule has 0 radical (unpaired) electrons. The van der Waals surface area contributed by atoms with E-state index in [1.807, 2.05) is 67.0 Å². The lowest BCUT2D eigenvalue weighted by atomic mass is 10.3. The summed E-state index contributed by atoms with van der Waals surface area (Å²) in [5.41, 5.74) is 2.95. The minimum absolute atomic E-state index is 0.592. The summed E-state index contributed by atoms with van der Waals surface area (Å²) in [5.74, 6) is 0.592. The number of benzene rings is 2. The average molecular weight is 286 g/mol. The van der Waals surface area contributed by atoms with E-state index in [4.69, 9.17) is 0 Å². The Hall–Kier alpha value is -3.14. The van der Waals surface area contributed by atoms with Gasteiger partial charge in [-0.05, 0) is 30.3 Å². The molecule has 0 unspecified atom stereocenters. The summed E-state index contributed by atoms with van der Waals surface area (Å²) in [4.78, 5) is 9.02. The van der Waals surface area contributed by atoms with Gasteiger partial charge in [0.05, 0.1) is 0 Å². The van der Waals surface area contributed by atoms with Crippen LogP contribution in [0.1, 0.15) is 0 Å². The number of fused-ring (bicyclic) bond motifs is 1. The van der Waals surface area contributed by atoms with E-state index in [-0.39, 0.29) is 0 Å². The molecular weight excluding hydrogens is 272 g/mol. The molecule has 0 amide bonds. The van der Waals surface area contributed by atoms with Crippen LogP contribution in [-0.2, 0) is 0 Å². The third-order valence-corrected chi connectivity index (χ3v) is 3.49. The lowest BCUT2D eigenvalue weighted by molar-refractivity contribution is 1.08. The van der Waals surface area contributed by atoms with E-state index in [2.05, 4.69) is 32.0 Å². The highest BCUT2D eigenvalue weighted by Gasteiger charge is 2.06. The van der Waals surface area contributed by atoms with E-state index in [1.54, 1.807) is 0 Å². The van der Waals surface area contributed by atoms with Crippen molar-refractivity contribution in [1.82, 2.24) is 14.5 Å². The molecule has 2 aromatic heterocycles. The van der Waals surface area contributed by atoms with Crippen LogP contribution in [0.25, 0.3) is 16.7 Å². The molecule has 22 heavy (non-hydrogen) atoms. The van der Waals surface area contributed by atoms with Gasteiger partial charge in [0, 0.05) is 29.2 Å². The first kappa shape index (κ1) is 12.6. The zero-order valence-electron chi connectivity index (χ0n) is 11.8. The summed E-state index contributed by atoms with van der Waals surface area (Å²) in [7, 11) is 0. The van der Waals surface area contributed by atoms with Gasteiger partial charge < -0.3 is 9.88 Å². The number of nitrogens with one attached hydrogen (secondary N) is 1. The summed E-state index contributed by atoms with van der Waals surface area (Å²) < 4.78 is 2.06. The van der Waals surface area contributed by atoms with Crippen molar-refractivity contribution in [2.75, 3.05) is 5.32 Å². The molecule has 0 spiro atoms. The van der Waals surface area contributed by atoms with E-state index in [0.29, 0.717) is 5.95 Å². The molecule has 0 aliphatic rings. The molecule has 0 saturated heterocycles. The first-order valence-corrected chi connectivity index (χ1v) is 7.12. The second kappa shape index (κ2) is 5.33. The van der Waals surface area contributed by atoms with Gasteiger partial charge >= 0.3 is 0 Å². The van der Waals surface area contributed by atoms with Crippen LogP contribution in [0.4, 0.5) is 11.6 Å². The van der Waals surface area contributed by atoms with Gasteiger partial charge in [-0.15, -0.1) is 0 Å². The molecule has 0 fully saturated rings. The Morgan fingerprint density at radius 3 is 2.32 bits per heavy atom. The third-order valence-electron chi connectivity index (χ3n) is 3.49. The second-order valence-electron chi connectivity index (χ2n) is 4.98. The summed E-state index contributed by atoms with van der Waals surface area (Å²) in [6.45, 7) is 0. The van der Waals surface area contributed by atoms with Gasteiger partial charge in [0.1, 0.15) is 5.65 Å². The molecule has 0 saturated carbocycles. The number of hydrogen-bond donors (Lipinski definition) is 1. The van der Waals surface area contributed by atoms with Crippen molar-refractivity contribution in [3.8, 4) is 5.69 Å². The van der Waals surface area contributed by atoms with Gasteiger partial charge in [0.2, 0.25) is 5.95 Å². The molecule has 0 aliphatic heterocycles. The van der Waals surface area contributed by atoms with Crippen LogP contribution in [0.2, 0.25) is 0 Å². The maximum absolute atomic E-state index is 4.65. The van der Waals surface area contributed by atoms with Crippen LogP contribution in [0.3, 0.4) is 0 Å². The van der Waals surface area contributed by atoms with Crippen molar-refractivity contribution in [3.63, 3.8) is 0 Å². The standard InChI is InChI=1S/C18H14N4/c1-3-7-15(8-4-1)20-18-19-13-14-11-12-22(17(14)21-18)16-9-5-2-6-10-16/h1-13H,(H,19,20,21). The van der Waals surface area contributed by atoms with Gasteiger partial charge in [0.25, 0.3) is 0 Å². The number of hydrogen-bond acceptors (Lipinski definition) is 3. The van der Waals surface area contributed by atoms with E-state index < -0.39 is 0 Å². The lowest BCUT2D eigenvalue weighted by Crippen LogP contribution is -1.99. The molecule has 4 aromatic rings. The van der Waals surface area contributed by atoms with Crippen molar-refractivity contribution in [3.05, 3.63) is 79.1 Å². The van der Waals surface area contributed by atoms with Crippen LogP contribution in [0.15, 0.2) is 79.1 Å². The van der Waals surface area contributed by atoms with Crippen LogP contribution < -0.4 is 5.32 Å². The summed E-state index contributed by atoms with van der Waals surface area (Å²) in [6.07, 6.45) is 3.86. The average Bonchev–Trinajstić information content (AvgIpc) is 3.00. The van der Waals surface area contributed by atoms with Crippen molar-refractivity contribution in [2.45, 2.75) is 0 Å². The zero-order valence-corrected chi connectivity index (χ0v) is 11.8. The van der Waals surface area contributed by atoms with Crippen LogP contribution in [0.5, 0.6) is 0 Å². The van der Waals surface area contributed by atoms with Crippen molar-refractivity contribution in [2.24, 2.45) is 0 Å². The Bertz CT molecular complexity index is 898. The number of nitrogens with zero attached hydrogens (tertiary/aromatic N) is 3. The second-order valence-corrected chi connectivity index (χ2v) is 4.98. The van der Waals surface area contributed by atoms with Gasteiger partial charge in [-0.1, -0.05) is 36.4 Å². The van der Waals surface area contributed by atoms with Gasteiger partial charge in [0.15, 0.2) is 0 Å². The smallest absolute Gasteiger partial charge is 0.229 e. The molecule has 0 aliphatic carbocycles. The molecule has 0 atom stereocenters. The van der Waals surface area contributed by atoms with Gasteiger partial charge in [-0.3, -0.25) is 0 Å². The van der Waals surface area contributed by atoms with Crippen molar-refractivity contribution < 1.29 is 0 Å². The molecule has 4 heteroatoms. The molecule has 0 bridgehead atoms. The zero-order chi connectivity index (χ0) is 14.8. The molecule has 4 nitrogen and oxygen atoms in total. The number of rotatable bonds is 3.